The number of benzene rings is 3. The van der Waals surface area contributed by atoms with Crippen molar-refractivity contribution in [3.8, 4) is 5.75 Å². The maximum atomic E-state index is 13.4. The third-order valence-corrected chi connectivity index (χ3v) is 6.01. The average Bonchev–Trinajstić information content (AvgIpc) is 3.07. The summed E-state index contributed by atoms with van der Waals surface area (Å²) in [4.78, 5) is 41.0. The van der Waals surface area contributed by atoms with Crippen molar-refractivity contribution in [2.75, 3.05) is 16.8 Å². The molecular formula is C26H22N2O5S. The van der Waals surface area contributed by atoms with Gasteiger partial charge in [-0.3, -0.25) is 9.59 Å². The molecule has 0 radical (unpaired) electrons. The van der Waals surface area contributed by atoms with Crippen molar-refractivity contribution >= 4 is 40.9 Å². The van der Waals surface area contributed by atoms with Gasteiger partial charge in [-0.05, 0) is 55.0 Å². The lowest BCUT2D eigenvalue weighted by Crippen LogP contribution is -2.32. The van der Waals surface area contributed by atoms with Crippen LogP contribution in [0.15, 0.2) is 94.4 Å². The molecule has 8 heteroatoms. The fourth-order valence-electron chi connectivity index (χ4n) is 3.31. The number of carbonyl (C=O) groups is 3. The molecule has 3 aromatic carbocycles. The van der Waals surface area contributed by atoms with E-state index >= 15 is 0 Å². The molecule has 1 heterocycles. The molecule has 0 saturated heterocycles. The summed E-state index contributed by atoms with van der Waals surface area (Å²) in [6, 6.07) is 21.7. The summed E-state index contributed by atoms with van der Waals surface area (Å²) in [6.45, 7) is 2.22. The van der Waals surface area contributed by atoms with E-state index < -0.39 is 17.8 Å². The predicted octanol–water partition coefficient (Wildman–Crippen LogP) is 4.95. The van der Waals surface area contributed by atoms with Crippen molar-refractivity contribution in [2.45, 2.75) is 18.2 Å². The van der Waals surface area contributed by atoms with Gasteiger partial charge >= 0.3 is 5.97 Å². The lowest BCUT2D eigenvalue weighted by molar-refractivity contribution is -0.120. The standard InChI is InChI=1S/C26H22N2O5S/c1-2-15-33-26(32)17-11-13-19(14-12-17)28-24(30)22(27-18-7-6-8-20(29)16-18)23(25(28)31)34-21-9-4-3-5-10-21/h3-14,16,27,29H,2,15H2,1H3. The highest BCUT2D eigenvalue weighted by atomic mass is 32.2. The molecule has 0 saturated carbocycles. The van der Waals surface area contributed by atoms with Crippen LogP contribution < -0.4 is 10.2 Å². The van der Waals surface area contributed by atoms with Gasteiger partial charge in [0.2, 0.25) is 0 Å². The number of imide groups is 1. The van der Waals surface area contributed by atoms with E-state index in [1.165, 1.54) is 36.0 Å². The Kier molecular flexibility index (Phi) is 6.98. The summed E-state index contributed by atoms with van der Waals surface area (Å²) in [5.41, 5.74) is 1.25. The Morgan fingerprint density at radius 3 is 2.38 bits per heavy atom. The highest BCUT2D eigenvalue weighted by molar-refractivity contribution is 8.04. The average molecular weight is 475 g/mol. The summed E-state index contributed by atoms with van der Waals surface area (Å²) in [5.74, 6) is -1.45. The smallest absolute Gasteiger partial charge is 0.338 e. The van der Waals surface area contributed by atoms with Crippen LogP contribution in [0.5, 0.6) is 5.75 Å². The molecule has 0 bridgehead atoms. The van der Waals surface area contributed by atoms with E-state index in [1.54, 1.807) is 24.3 Å². The number of esters is 1. The van der Waals surface area contributed by atoms with Crippen molar-refractivity contribution in [1.29, 1.82) is 0 Å². The van der Waals surface area contributed by atoms with Crippen molar-refractivity contribution in [2.24, 2.45) is 0 Å². The van der Waals surface area contributed by atoms with E-state index in [-0.39, 0.29) is 16.4 Å². The molecule has 3 aromatic rings. The molecule has 4 rings (SSSR count). The molecule has 0 aliphatic carbocycles. The molecule has 0 fully saturated rings. The molecule has 1 aliphatic rings. The van der Waals surface area contributed by atoms with Gasteiger partial charge in [0.1, 0.15) is 16.4 Å². The van der Waals surface area contributed by atoms with Crippen LogP contribution in [0.1, 0.15) is 23.7 Å². The SMILES string of the molecule is CCCOC(=O)c1ccc(N2C(=O)C(Nc3cccc(O)c3)=C(Sc3ccccc3)C2=O)cc1. The first-order valence-corrected chi connectivity index (χ1v) is 11.5. The fraction of sp³-hybridized carbons (Fsp3) is 0.115. The van der Waals surface area contributed by atoms with Crippen LogP contribution in [0.3, 0.4) is 0 Å². The second-order valence-corrected chi connectivity index (χ2v) is 8.51. The van der Waals surface area contributed by atoms with Gasteiger partial charge in [-0.2, -0.15) is 0 Å². The molecule has 0 atom stereocenters. The Morgan fingerprint density at radius 2 is 1.71 bits per heavy atom. The first-order chi connectivity index (χ1) is 16.5. The van der Waals surface area contributed by atoms with Gasteiger partial charge in [0.15, 0.2) is 0 Å². The Balaban J connectivity index is 1.65. The summed E-state index contributed by atoms with van der Waals surface area (Å²) in [5, 5.41) is 12.8. The summed E-state index contributed by atoms with van der Waals surface area (Å²) in [7, 11) is 0. The van der Waals surface area contributed by atoms with Crippen LogP contribution in [-0.2, 0) is 14.3 Å². The van der Waals surface area contributed by atoms with Crippen molar-refractivity contribution in [1.82, 2.24) is 0 Å². The number of hydrogen-bond donors (Lipinski definition) is 2. The first-order valence-electron chi connectivity index (χ1n) is 10.7. The number of rotatable bonds is 8. The van der Waals surface area contributed by atoms with Crippen LogP contribution in [-0.4, -0.2) is 29.5 Å². The van der Waals surface area contributed by atoms with E-state index in [9.17, 15) is 19.5 Å². The maximum absolute atomic E-state index is 13.4. The third kappa shape index (κ3) is 4.97. The molecule has 0 spiro atoms. The zero-order valence-electron chi connectivity index (χ0n) is 18.4. The number of carbonyl (C=O) groups excluding carboxylic acids is 3. The minimum absolute atomic E-state index is 0.0297. The van der Waals surface area contributed by atoms with Crippen LogP contribution in [0.25, 0.3) is 0 Å². The van der Waals surface area contributed by atoms with Gasteiger partial charge in [-0.15, -0.1) is 0 Å². The van der Waals surface area contributed by atoms with Gasteiger partial charge in [-0.25, -0.2) is 9.69 Å². The molecular weight excluding hydrogens is 452 g/mol. The van der Waals surface area contributed by atoms with Gasteiger partial charge in [0.05, 0.1) is 17.9 Å². The van der Waals surface area contributed by atoms with Crippen molar-refractivity contribution in [3.63, 3.8) is 0 Å². The lowest BCUT2D eigenvalue weighted by Gasteiger charge is -2.16. The normalized spacial score (nSPS) is 13.4. The zero-order chi connectivity index (χ0) is 24.1. The van der Waals surface area contributed by atoms with E-state index in [4.69, 9.17) is 4.74 Å². The summed E-state index contributed by atoms with van der Waals surface area (Å²) >= 11 is 1.18. The Bertz CT molecular complexity index is 1260. The Labute approximate surface area is 201 Å². The number of hydrogen-bond acceptors (Lipinski definition) is 7. The van der Waals surface area contributed by atoms with E-state index in [0.29, 0.717) is 30.0 Å². The number of phenols is 1. The predicted molar refractivity (Wildman–Crippen MR) is 131 cm³/mol. The van der Waals surface area contributed by atoms with Crippen LogP contribution in [0.2, 0.25) is 0 Å². The first kappa shape index (κ1) is 23.1. The maximum Gasteiger partial charge on any atom is 0.338 e. The monoisotopic (exact) mass is 474 g/mol. The Morgan fingerprint density at radius 1 is 0.971 bits per heavy atom. The minimum atomic E-state index is -0.534. The summed E-state index contributed by atoms with van der Waals surface area (Å²) in [6.07, 6.45) is 0.711. The number of aromatic hydroxyl groups is 1. The second-order valence-electron chi connectivity index (χ2n) is 7.42. The van der Waals surface area contributed by atoms with E-state index in [2.05, 4.69) is 5.32 Å². The number of ether oxygens (including phenoxy) is 1. The fourth-order valence-corrected chi connectivity index (χ4v) is 4.26. The molecule has 2 N–H and O–H groups in total. The molecule has 34 heavy (non-hydrogen) atoms. The van der Waals surface area contributed by atoms with E-state index in [1.807, 2.05) is 37.3 Å². The van der Waals surface area contributed by atoms with E-state index in [0.717, 1.165) is 9.80 Å². The molecule has 0 unspecified atom stereocenters. The molecule has 7 nitrogen and oxygen atoms in total. The van der Waals surface area contributed by atoms with Gasteiger partial charge in [-0.1, -0.05) is 43.0 Å². The topological polar surface area (TPSA) is 95.9 Å². The highest BCUT2D eigenvalue weighted by Gasteiger charge is 2.40. The number of nitrogens with one attached hydrogen (secondary N) is 1. The highest BCUT2D eigenvalue weighted by Crippen LogP contribution is 2.38. The quantitative estimate of drug-likeness (QED) is 0.352. The van der Waals surface area contributed by atoms with Gasteiger partial charge in [0.25, 0.3) is 11.8 Å². The molecule has 0 aromatic heterocycles. The van der Waals surface area contributed by atoms with Gasteiger partial charge in [0, 0.05) is 16.6 Å². The Hall–Kier alpha value is -4.04. The molecule has 2 amide bonds. The number of thioether (sulfide) groups is 1. The van der Waals surface area contributed by atoms with Crippen LogP contribution in [0, 0.1) is 0 Å². The van der Waals surface area contributed by atoms with Crippen molar-refractivity contribution < 1.29 is 24.2 Å². The second kappa shape index (κ2) is 10.3. The van der Waals surface area contributed by atoms with Crippen LogP contribution in [0.4, 0.5) is 11.4 Å². The number of anilines is 2. The van der Waals surface area contributed by atoms with Gasteiger partial charge < -0.3 is 15.2 Å². The van der Waals surface area contributed by atoms with Crippen LogP contribution >= 0.6 is 11.8 Å². The lowest BCUT2D eigenvalue weighted by atomic mass is 10.2. The largest absolute Gasteiger partial charge is 0.508 e. The zero-order valence-corrected chi connectivity index (χ0v) is 19.2. The number of phenolic OH excluding ortho intramolecular Hbond substituents is 1. The third-order valence-electron chi connectivity index (χ3n) is 4.92. The molecule has 172 valence electrons. The minimum Gasteiger partial charge on any atom is -0.508 e. The van der Waals surface area contributed by atoms with Crippen molar-refractivity contribution in [3.05, 3.63) is 95.0 Å². The summed E-state index contributed by atoms with van der Waals surface area (Å²) < 4.78 is 5.13. The number of amides is 2. The number of nitrogens with zero attached hydrogens (tertiary/aromatic N) is 1. The molecule has 1 aliphatic heterocycles.